The summed E-state index contributed by atoms with van der Waals surface area (Å²) in [6.07, 6.45) is 0. The Balaban J connectivity index is 2.37. The SMILES string of the molecule is Cc1noc(-c2ccccc2NS(=O)(=O)CCCl)n1. The third kappa shape index (κ3) is 3.45. The van der Waals surface area contributed by atoms with Gasteiger partial charge >= 0.3 is 0 Å². The van der Waals surface area contributed by atoms with E-state index < -0.39 is 10.0 Å². The van der Waals surface area contributed by atoms with E-state index in [0.29, 0.717) is 17.1 Å². The highest BCUT2D eigenvalue weighted by molar-refractivity contribution is 7.92. The minimum Gasteiger partial charge on any atom is -0.334 e. The molecule has 0 saturated heterocycles. The summed E-state index contributed by atoms with van der Waals surface area (Å²) in [6, 6.07) is 6.80. The lowest BCUT2D eigenvalue weighted by atomic mass is 10.2. The van der Waals surface area contributed by atoms with Crippen molar-refractivity contribution in [1.82, 2.24) is 10.1 Å². The van der Waals surface area contributed by atoms with Gasteiger partial charge in [0.1, 0.15) is 0 Å². The van der Waals surface area contributed by atoms with Gasteiger partial charge < -0.3 is 4.52 Å². The molecular formula is C11H12ClN3O3S. The van der Waals surface area contributed by atoms with Gasteiger partial charge in [-0.3, -0.25) is 4.72 Å². The topological polar surface area (TPSA) is 85.1 Å². The largest absolute Gasteiger partial charge is 0.334 e. The number of rotatable bonds is 5. The molecule has 2 rings (SSSR count). The van der Waals surface area contributed by atoms with Gasteiger partial charge in [-0.25, -0.2) is 8.42 Å². The van der Waals surface area contributed by atoms with E-state index in [1.807, 2.05) is 0 Å². The predicted octanol–water partition coefficient (Wildman–Crippen LogP) is 2.03. The zero-order valence-electron chi connectivity index (χ0n) is 10.1. The van der Waals surface area contributed by atoms with Gasteiger partial charge in [-0.2, -0.15) is 4.98 Å². The molecule has 0 aliphatic rings. The molecule has 0 spiro atoms. The van der Waals surface area contributed by atoms with E-state index in [1.165, 1.54) is 0 Å². The first-order valence-corrected chi connectivity index (χ1v) is 7.67. The van der Waals surface area contributed by atoms with Crippen LogP contribution in [0.3, 0.4) is 0 Å². The quantitative estimate of drug-likeness (QED) is 0.854. The summed E-state index contributed by atoms with van der Waals surface area (Å²) in [7, 11) is -3.48. The summed E-state index contributed by atoms with van der Waals surface area (Å²) in [4.78, 5) is 4.08. The molecule has 1 aromatic heterocycles. The Morgan fingerprint density at radius 2 is 2.11 bits per heavy atom. The number of para-hydroxylation sites is 1. The van der Waals surface area contributed by atoms with Gasteiger partial charge in [0, 0.05) is 5.88 Å². The molecule has 1 N–H and O–H groups in total. The third-order valence-corrected chi connectivity index (χ3v) is 3.98. The van der Waals surface area contributed by atoms with Crippen LogP contribution in [0.25, 0.3) is 11.5 Å². The highest BCUT2D eigenvalue weighted by Gasteiger charge is 2.16. The van der Waals surface area contributed by atoms with Crippen LogP contribution >= 0.6 is 11.6 Å². The van der Waals surface area contributed by atoms with Crippen molar-refractivity contribution < 1.29 is 12.9 Å². The summed E-state index contributed by atoms with van der Waals surface area (Å²) in [5.74, 6) is 0.609. The van der Waals surface area contributed by atoms with Gasteiger partial charge in [0.2, 0.25) is 10.0 Å². The molecule has 8 heteroatoms. The highest BCUT2D eigenvalue weighted by atomic mass is 35.5. The number of hydrogen-bond acceptors (Lipinski definition) is 5. The number of anilines is 1. The van der Waals surface area contributed by atoms with Crippen molar-refractivity contribution in [1.29, 1.82) is 0 Å². The first-order valence-electron chi connectivity index (χ1n) is 5.48. The number of alkyl halides is 1. The molecule has 6 nitrogen and oxygen atoms in total. The van der Waals surface area contributed by atoms with E-state index in [4.69, 9.17) is 16.1 Å². The summed E-state index contributed by atoms with van der Waals surface area (Å²) in [5.41, 5.74) is 0.914. The van der Waals surface area contributed by atoms with E-state index in [0.717, 1.165) is 0 Å². The Bertz CT molecular complexity index is 669. The van der Waals surface area contributed by atoms with Crippen molar-refractivity contribution in [3.63, 3.8) is 0 Å². The van der Waals surface area contributed by atoms with Gasteiger partial charge in [-0.1, -0.05) is 17.3 Å². The second kappa shape index (κ2) is 5.58. The molecule has 2 aromatic rings. The van der Waals surface area contributed by atoms with Crippen LogP contribution in [0, 0.1) is 6.92 Å². The van der Waals surface area contributed by atoms with E-state index >= 15 is 0 Å². The average Bonchev–Trinajstić information content (AvgIpc) is 2.75. The second-order valence-electron chi connectivity index (χ2n) is 3.80. The predicted molar refractivity (Wildman–Crippen MR) is 72.6 cm³/mol. The van der Waals surface area contributed by atoms with Gasteiger partial charge in [0.15, 0.2) is 5.82 Å². The Morgan fingerprint density at radius 1 is 1.37 bits per heavy atom. The first-order chi connectivity index (χ1) is 9.02. The lowest BCUT2D eigenvalue weighted by molar-refractivity contribution is 0.426. The maximum Gasteiger partial charge on any atom is 0.260 e. The van der Waals surface area contributed by atoms with Crippen LogP contribution in [-0.4, -0.2) is 30.2 Å². The van der Waals surface area contributed by atoms with Crippen LogP contribution in [0.5, 0.6) is 0 Å². The maximum absolute atomic E-state index is 11.7. The van der Waals surface area contributed by atoms with E-state index in [-0.39, 0.29) is 17.5 Å². The summed E-state index contributed by atoms with van der Waals surface area (Å²) in [5, 5.41) is 3.68. The molecule has 0 unspecified atom stereocenters. The fourth-order valence-electron chi connectivity index (χ4n) is 1.49. The number of nitrogens with one attached hydrogen (secondary N) is 1. The zero-order chi connectivity index (χ0) is 13.9. The molecule has 0 aliphatic carbocycles. The Hall–Kier alpha value is -1.60. The van der Waals surface area contributed by atoms with Crippen molar-refractivity contribution in [2.75, 3.05) is 16.4 Å². The Kier molecular flexibility index (Phi) is 4.06. The third-order valence-electron chi connectivity index (χ3n) is 2.30. The minimum atomic E-state index is -3.48. The van der Waals surface area contributed by atoms with Crippen LogP contribution in [0.4, 0.5) is 5.69 Å². The fourth-order valence-corrected chi connectivity index (χ4v) is 2.91. The van der Waals surface area contributed by atoms with Crippen LogP contribution in [-0.2, 0) is 10.0 Å². The molecular weight excluding hydrogens is 290 g/mol. The lowest BCUT2D eigenvalue weighted by Crippen LogP contribution is -2.18. The van der Waals surface area contributed by atoms with Crippen LogP contribution in [0.2, 0.25) is 0 Å². The maximum atomic E-state index is 11.7. The van der Waals surface area contributed by atoms with Gasteiger partial charge in [-0.05, 0) is 19.1 Å². The zero-order valence-corrected chi connectivity index (χ0v) is 11.7. The molecule has 0 bridgehead atoms. The number of benzene rings is 1. The molecule has 0 aliphatic heterocycles. The Labute approximate surface area is 115 Å². The number of halogens is 1. The molecule has 0 saturated carbocycles. The van der Waals surface area contributed by atoms with Crippen molar-refractivity contribution in [3.8, 4) is 11.5 Å². The number of aromatic nitrogens is 2. The van der Waals surface area contributed by atoms with Gasteiger partial charge in [-0.15, -0.1) is 11.6 Å². The molecule has 19 heavy (non-hydrogen) atoms. The van der Waals surface area contributed by atoms with Crippen molar-refractivity contribution >= 4 is 27.3 Å². The number of nitrogens with zero attached hydrogens (tertiary/aromatic N) is 2. The van der Waals surface area contributed by atoms with Gasteiger partial charge in [0.25, 0.3) is 5.89 Å². The van der Waals surface area contributed by atoms with Gasteiger partial charge in [0.05, 0.1) is 17.0 Å². The highest BCUT2D eigenvalue weighted by Crippen LogP contribution is 2.27. The molecule has 0 amide bonds. The number of hydrogen-bond donors (Lipinski definition) is 1. The number of aryl methyl sites for hydroxylation is 1. The second-order valence-corrected chi connectivity index (χ2v) is 6.02. The van der Waals surface area contributed by atoms with Crippen molar-refractivity contribution in [2.24, 2.45) is 0 Å². The van der Waals surface area contributed by atoms with E-state index in [1.54, 1.807) is 31.2 Å². The summed E-state index contributed by atoms with van der Waals surface area (Å²) in [6.45, 7) is 1.69. The summed E-state index contributed by atoms with van der Waals surface area (Å²) >= 11 is 5.45. The molecule has 0 atom stereocenters. The lowest BCUT2D eigenvalue weighted by Gasteiger charge is -2.09. The van der Waals surface area contributed by atoms with Crippen LogP contribution < -0.4 is 4.72 Å². The fraction of sp³-hybridized carbons (Fsp3) is 0.273. The average molecular weight is 302 g/mol. The van der Waals surface area contributed by atoms with Crippen LogP contribution in [0.1, 0.15) is 5.82 Å². The smallest absolute Gasteiger partial charge is 0.260 e. The molecule has 0 radical (unpaired) electrons. The Morgan fingerprint density at radius 3 is 2.74 bits per heavy atom. The standard InChI is InChI=1S/C11H12ClN3O3S/c1-8-13-11(18-14-8)9-4-2-3-5-10(9)15-19(16,17)7-6-12/h2-5,15H,6-7H2,1H3. The monoisotopic (exact) mass is 301 g/mol. The summed E-state index contributed by atoms with van der Waals surface area (Å²) < 4.78 is 31.0. The molecule has 0 fully saturated rings. The normalized spacial score (nSPS) is 11.5. The molecule has 102 valence electrons. The number of sulfonamides is 1. The molecule has 1 heterocycles. The van der Waals surface area contributed by atoms with Crippen molar-refractivity contribution in [2.45, 2.75) is 6.92 Å². The van der Waals surface area contributed by atoms with Crippen LogP contribution in [0.15, 0.2) is 28.8 Å². The molecule has 1 aromatic carbocycles. The van der Waals surface area contributed by atoms with E-state index in [9.17, 15) is 8.42 Å². The van der Waals surface area contributed by atoms with Crippen molar-refractivity contribution in [3.05, 3.63) is 30.1 Å². The van der Waals surface area contributed by atoms with E-state index in [2.05, 4.69) is 14.9 Å². The first kappa shape index (κ1) is 13.8. The minimum absolute atomic E-state index is 0.0250.